The molecular weight excluding hydrogens is 407 g/mol. The molecule has 0 aromatic heterocycles. The van der Waals surface area contributed by atoms with Crippen LogP contribution in [-0.4, -0.2) is 17.0 Å². The summed E-state index contributed by atoms with van der Waals surface area (Å²) in [5.74, 6) is -0.170. The van der Waals surface area contributed by atoms with Gasteiger partial charge in [-0.3, -0.25) is 9.59 Å². The van der Waals surface area contributed by atoms with Gasteiger partial charge in [0.25, 0.3) is 5.91 Å². The fraction of sp³-hybridized carbons (Fsp3) is 0.105. The molecule has 2 amide bonds. The fourth-order valence-corrected chi connectivity index (χ4v) is 3.55. The second-order valence-electron chi connectivity index (χ2n) is 5.58. The van der Waals surface area contributed by atoms with Crippen LogP contribution in [0.4, 0.5) is 0 Å². The van der Waals surface area contributed by atoms with E-state index in [2.05, 4.69) is 10.3 Å². The molecule has 0 unspecified atom stereocenters. The number of rotatable bonds is 4. The normalized spacial score (nSPS) is 15.0. The Labute approximate surface area is 170 Å². The summed E-state index contributed by atoms with van der Waals surface area (Å²) in [4.78, 5) is 27.2. The molecule has 2 aromatic carbocycles. The van der Waals surface area contributed by atoms with E-state index >= 15 is 0 Å². The SMILES string of the molecule is CC(=O)NC1=NC(=O)/C(=C/c2ccc(OCc3ccccc3Cl)c(Cl)c2)S1. The number of ether oxygens (including phenoxy) is 1. The van der Waals surface area contributed by atoms with Crippen LogP contribution >= 0.6 is 35.0 Å². The Morgan fingerprint density at radius 2 is 2.00 bits per heavy atom. The van der Waals surface area contributed by atoms with Gasteiger partial charge in [0, 0.05) is 17.5 Å². The molecule has 0 saturated carbocycles. The van der Waals surface area contributed by atoms with Crippen LogP contribution in [0.25, 0.3) is 6.08 Å². The number of carbonyl (C=O) groups excluding carboxylic acids is 2. The number of hydrogen-bond acceptors (Lipinski definition) is 4. The van der Waals surface area contributed by atoms with Crippen LogP contribution < -0.4 is 10.1 Å². The summed E-state index contributed by atoms with van der Waals surface area (Å²) in [5.41, 5.74) is 1.58. The van der Waals surface area contributed by atoms with E-state index in [1.807, 2.05) is 18.2 Å². The van der Waals surface area contributed by atoms with Gasteiger partial charge in [0.1, 0.15) is 12.4 Å². The Morgan fingerprint density at radius 1 is 1.22 bits per heavy atom. The monoisotopic (exact) mass is 420 g/mol. The lowest BCUT2D eigenvalue weighted by molar-refractivity contribution is -0.117. The van der Waals surface area contributed by atoms with Crippen LogP contribution in [0.1, 0.15) is 18.1 Å². The molecule has 0 saturated heterocycles. The highest BCUT2D eigenvalue weighted by atomic mass is 35.5. The van der Waals surface area contributed by atoms with Crippen molar-refractivity contribution in [2.24, 2.45) is 4.99 Å². The minimum absolute atomic E-state index is 0.268. The zero-order chi connectivity index (χ0) is 19.4. The first-order chi connectivity index (χ1) is 12.9. The molecule has 0 radical (unpaired) electrons. The molecule has 1 heterocycles. The smallest absolute Gasteiger partial charge is 0.286 e. The minimum atomic E-state index is -0.404. The van der Waals surface area contributed by atoms with Crippen molar-refractivity contribution in [2.75, 3.05) is 0 Å². The van der Waals surface area contributed by atoms with E-state index in [9.17, 15) is 9.59 Å². The minimum Gasteiger partial charge on any atom is -0.487 e. The lowest BCUT2D eigenvalue weighted by Crippen LogP contribution is -2.23. The number of amides is 2. The van der Waals surface area contributed by atoms with Crippen molar-refractivity contribution in [3.8, 4) is 5.75 Å². The second-order valence-corrected chi connectivity index (χ2v) is 7.43. The lowest BCUT2D eigenvalue weighted by atomic mass is 10.2. The molecular formula is C19H14Cl2N2O3S. The highest BCUT2D eigenvalue weighted by Crippen LogP contribution is 2.31. The van der Waals surface area contributed by atoms with Crippen molar-refractivity contribution in [1.29, 1.82) is 0 Å². The third-order valence-corrected chi connectivity index (χ3v) is 5.06. The van der Waals surface area contributed by atoms with Crippen molar-refractivity contribution in [2.45, 2.75) is 13.5 Å². The first kappa shape index (κ1) is 19.5. The van der Waals surface area contributed by atoms with Crippen LogP contribution in [0, 0.1) is 0 Å². The van der Waals surface area contributed by atoms with Gasteiger partial charge in [-0.2, -0.15) is 4.99 Å². The number of nitrogens with zero attached hydrogens (tertiary/aromatic N) is 1. The number of halogens is 2. The number of benzene rings is 2. The van der Waals surface area contributed by atoms with E-state index < -0.39 is 5.91 Å². The molecule has 0 bridgehead atoms. The summed E-state index contributed by atoms with van der Waals surface area (Å²) in [5, 5.41) is 3.81. The predicted molar refractivity (Wildman–Crippen MR) is 109 cm³/mol. The third kappa shape index (κ3) is 5.13. The molecule has 1 N–H and O–H groups in total. The van der Waals surface area contributed by atoms with Crippen LogP contribution in [0.3, 0.4) is 0 Å². The lowest BCUT2D eigenvalue weighted by Gasteiger charge is -2.10. The first-order valence-electron chi connectivity index (χ1n) is 7.88. The maximum Gasteiger partial charge on any atom is 0.286 e. The molecule has 3 rings (SSSR count). The highest BCUT2D eigenvalue weighted by Gasteiger charge is 2.22. The fourth-order valence-electron chi connectivity index (χ4n) is 2.26. The molecule has 2 aromatic rings. The maximum absolute atomic E-state index is 11.9. The zero-order valence-corrected chi connectivity index (χ0v) is 16.5. The van der Waals surface area contributed by atoms with Crippen LogP contribution in [-0.2, 0) is 16.2 Å². The summed E-state index contributed by atoms with van der Waals surface area (Å²) in [6, 6.07) is 12.6. The van der Waals surface area contributed by atoms with Crippen molar-refractivity contribution in [1.82, 2.24) is 5.32 Å². The quantitative estimate of drug-likeness (QED) is 0.729. The number of amidine groups is 1. The maximum atomic E-state index is 11.9. The summed E-state index contributed by atoms with van der Waals surface area (Å²) in [6.45, 7) is 1.65. The number of hydrogen-bond donors (Lipinski definition) is 1. The standard InChI is InChI=1S/C19H14Cl2N2O3S/c1-11(24)22-19-23-18(25)17(27-19)9-12-6-7-16(15(21)8-12)26-10-13-4-2-3-5-14(13)20/h2-9H,10H2,1H3,(H,22,23,24,25)/b17-9-. The number of nitrogens with one attached hydrogen (secondary N) is 1. The Balaban J connectivity index is 1.69. The first-order valence-corrected chi connectivity index (χ1v) is 9.45. The summed E-state index contributed by atoms with van der Waals surface area (Å²) in [6.07, 6.45) is 1.66. The molecule has 1 aliphatic heterocycles. The largest absolute Gasteiger partial charge is 0.487 e. The van der Waals surface area contributed by atoms with Gasteiger partial charge in [-0.05, 0) is 41.6 Å². The Hall–Kier alpha value is -2.28. The Bertz CT molecular complexity index is 973. The topological polar surface area (TPSA) is 67.8 Å². The molecule has 0 aliphatic carbocycles. The van der Waals surface area contributed by atoms with E-state index in [1.165, 1.54) is 6.92 Å². The third-order valence-electron chi connectivity index (χ3n) is 3.50. The Kier molecular flexibility index (Phi) is 6.21. The van der Waals surface area contributed by atoms with Crippen molar-refractivity contribution >= 4 is 58.0 Å². The predicted octanol–water partition coefficient (Wildman–Crippen LogP) is 4.68. The van der Waals surface area contributed by atoms with Gasteiger partial charge in [-0.15, -0.1) is 0 Å². The van der Waals surface area contributed by atoms with E-state index in [4.69, 9.17) is 27.9 Å². The van der Waals surface area contributed by atoms with Gasteiger partial charge in [0.05, 0.1) is 9.93 Å². The Morgan fingerprint density at radius 3 is 2.70 bits per heavy atom. The average molecular weight is 421 g/mol. The molecule has 27 heavy (non-hydrogen) atoms. The summed E-state index contributed by atoms with van der Waals surface area (Å²) < 4.78 is 5.73. The van der Waals surface area contributed by atoms with Gasteiger partial charge < -0.3 is 10.1 Å². The van der Waals surface area contributed by atoms with E-state index in [-0.39, 0.29) is 11.1 Å². The van der Waals surface area contributed by atoms with Gasteiger partial charge in [0.2, 0.25) is 5.91 Å². The molecule has 138 valence electrons. The van der Waals surface area contributed by atoms with Crippen LogP contribution in [0.15, 0.2) is 52.4 Å². The van der Waals surface area contributed by atoms with E-state index in [0.717, 1.165) is 22.9 Å². The van der Waals surface area contributed by atoms with Crippen LogP contribution in [0.5, 0.6) is 5.75 Å². The van der Waals surface area contributed by atoms with Crippen LogP contribution in [0.2, 0.25) is 10.0 Å². The van der Waals surface area contributed by atoms with Crippen molar-refractivity contribution in [3.63, 3.8) is 0 Å². The number of carbonyl (C=O) groups is 2. The summed E-state index contributed by atoms with van der Waals surface area (Å²) in [7, 11) is 0. The van der Waals surface area contributed by atoms with Crippen molar-refractivity contribution < 1.29 is 14.3 Å². The number of thioether (sulfide) groups is 1. The van der Waals surface area contributed by atoms with E-state index in [0.29, 0.717) is 27.3 Å². The molecule has 5 nitrogen and oxygen atoms in total. The molecule has 0 spiro atoms. The summed E-state index contributed by atoms with van der Waals surface area (Å²) >= 11 is 13.5. The molecule has 8 heteroatoms. The molecule has 0 fully saturated rings. The second kappa shape index (κ2) is 8.61. The van der Waals surface area contributed by atoms with Gasteiger partial charge in [0.15, 0.2) is 5.17 Å². The van der Waals surface area contributed by atoms with Crippen molar-refractivity contribution in [3.05, 3.63) is 68.5 Å². The molecule has 0 atom stereocenters. The van der Waals surface area contributed by atoms with E-state index in [1.54, 1.807) is 30.3 Å². The average Bonchev–Trinajstić information content (AvgIpc) is 2.94. The zero-order valence-electron chi connectivity index (χ0n) is 14.2. The highest BCUT2D eigenvalue weighted by molar-refractivity contribution is 8.18. The number of aliphatic imine (C=N–C) groups is 1. The van der Waals surface area contributed by atoms with Gasteiger partial charge in [-0.25, -0.2) is 0 Å². The molecule has 1 aliphatic rings. The van der Waals surface area contributed by atoms with Gasteiger partial charge >= 0.3 is 0 Å². The van der Waals surface area contributed by atoms with Gasteiger partial charge in [-0.1, -0.05) is 47.5 Å².